The SMILES string of the molecule is CCCC(C)N1C[C@@H](O)CC[C@@H]1C. The monoisotopic (exact) mass is 185 g/mol. The van der Waals surface area contributed by atoms with Crippen molar-refractivity contribution in [3.8, 4) is 0 Å². The summed E-state index contributed by atoms with van der Waals surface area (Å²) in [7, 11) is 0. The van der Waals surface area contributed by atoms with Crippen LogP contribution in [0.2, 0.25) is 0 Å². The Hall–Kier alpha value is -0.0800. The van der Waals surface area contributed by atoms with Gasteiger partial charge in [0.25, 0.3) is 0 Å². The lowest BCUT2D eigenvalue weighted by molar-refractivity contribution is 0.0169. The van der Waals surface area contributed by atoms with Crippen LogP contribution in [0.4, 0.5) is 0 Å². The first kappa shape index (κ1) is 11.0. The van der Waals surface area contributed by atoms with Gasteiger partial charge in [-0.15, -0.1) is 0 Å². The van der Waals surface area contributed by atoms with Crippen LogP contribution in [0.5, 0.6) is 0 Å². The maximum Gasteiger partial charge on any atom is 0.0667 e. The van der Waals surface area contributed by atoms with E-state index in [-0.39, 0.29) is 6.10 Å². The molecule has 0 aromatic heterocycles. The molecular formula is C11H23NO. The number of rotatable bonds is 3. The van der Waals surface area contributed by atoms with Crippen molar-refractivity contribution in [1.82, 2.24) is 4.90 Å². The van der Waals surface area contributed by atoms with Crippen molar-refractivity contribution in [1.29, 1.82) is 0 Å². The van der Waals surface area contributed by atoms with Crippen LogP contribution in [0.1, 0.15) is 46.5 Å². The molecule has 1 heterocycles. The summed E-state index contributed by atoms with van der Waals surface area (Å²) in [5.41, 5.74) is 0. The molecule has 1 aliphatic heterocycles. The lowest BCUT2D eigenvalue weighted by atomic mass is 9.98. The molecule has 0 amide bonds. The largest absolute Gasteiger partial charge is 0.392 e. The molecule has 2 heteroatoms. The molecule has 3 atom stereocenters. The molecule has 78 valence electrons. The van der Waals surface area contributed by atoms with Gasteiger partial charge in [-0.2, -0.15) is 0 Å². The summed E-state index contributed by atoms with van der Waals surface area (Å²) >= 11 is 0. The quantitative estimate of drug-likeness (QED) is 0.727. The van der Waals surface area contributed by atoms with Gasteiger partial charge in [-0.05, 0) is 33.1 Å². The molecule has 0 radical (unpaired) electrons. The van der Waals surface area contributed by atoms with E-state index in [2.05, 4.69) is 25.7 Å². The van der Waals surface area contributed by atoms with E-state index in [4.69, 9.17) is 0 Å². The van der Waals surface area contributed by atoms with Crippen LogP contribution >= 0.6 is 0 Å². The van der Waals surface area contributed by atoms with Gasteiger partial charge in [-0.1, -0.05) is 13.3 Å². The summed E-state index contributed by atoms with van der Waals surface area (Å²) in [5, 5.41) is 9.57. The third-order valence-corrected chi connectivity index (χ3v) is 3.18. The zero-order chi connectivity index (χ0) is 9.84. The van der Waals surface area contributed by atoms with E-state index in [9.17, 15) is 5.11 Å². The molecule has 0 saturated carbocycles. The number of aliphatic hydroxyl groups excluding tert-OH is 1. The van der Waals surface area contributed by atoms with Gasteiger partial charge in [0.1, 0.15) is 0 Å². The molecule has 0 aromatic carbocycles. The second kappa shape index (κ2) is 4.97. The Morgan fingerprint density at radius 2 is 2.15 bits per heavy atom. The number of hydrogen-bond donors (Lipinski definition) is 1. The summed E-state index contributed by atoms with van der Waals surface area (Å²) in [5.74, 6) is 0. The van der Waals surface area contributed by atoms with Gasteiger partial charge in [0.05, 0.1) is 6.10 Å². The number of nitrogens with zero attached hydrogens (tertiary/aromatic N) is 1. The highest BCUT2D eigenvalue weighted by molar-refractivity contribution is 4.81. The Labute approximate surface area is 81.9 Å². The summed E-state index contributed by atoms with van der Waals surface area (Å²) in [6.45, 7) is 7.65. The fourth-order valence-corrected chi connectivity index (χ4v) is 2.31. The van der Waals surface area contributed by atoms with Crippen LogP contribution in [0.25, 0.3) is 0 Å². The Morgan fingerprint density at radius 1 is 1.46 bits per heavy atom. The van der Waals surface area contributed by atoms with Crippen molar-refractivity contribution in [3.63, 3.8) is 0 Å². The third-order valence-electron chi connectivity index (χ3n) is 3.18. The minimum Gasteiger partial charge on any atom is -0.392 e. The van der Waals surface area contributed by atoms with E-state index >= 15 is 0 Å². The molecule has 2 nitrogen and oxygen atoms in total. The van der Waals surface area contributed by atoms with Crippen LogP contribution in [-0.2, 0) is 0 Å². The number of hydrogen-bond acceptors (Lipinski definition) is 2. The number of β-amino-alcohol motifs (C(OH)–C–C–N with tert-alkyl or cyclic N) is 1. The molecule has 1 rings (SSSR count). The Balaban J connectivity index is 2.44. The van der Waals surface area contributed by atoms with E-state index in [0.29, 0.717) is 12.1 Å². The van der Waals surface area contributed by atoms with Gasteiger partial charge in [-0.25, -0.2) is 0 Å². The fourth-order valence-electron chi connectivity index (χ4n) is 2.31. The van der Waals surface area contributed by atoms with Crippen LogP contribution in [-0.4, -0.2) is 34.7 Å². The number of likely N-dealkylation sites (tertiary alicyclic amines) is 1. The van der Waals surface area contributed by atoms with Crippen molar-refractivity contribution in [2.75, 3.05) is 6.54 Å². The van der Waals surface area contributed by atoms with Gasteiger partial charge >= 0.3 is 0 Å². The first-order valence-corrected chi connectivity index (χ1v) is 5.59. The second-order valence-electron chi connectivity index (χ2n) is 4.41. The van der Waals surface area contributed by atoms with Crippen molar-refractivity contribution in [2.45, 2.75) is 64.6 Å². The summed E-state index contributed by atoms with van der Waals surface area (Å²) < 4.78 is 0. The molecule has 1 N–H and O–H groups in total. The normalized spacial score (nSPS) is 33.2. The Kier molecular flexibility index (Phi) is 4.20. The van der Waals surface area contributed by atoms with Crippen molar-refractivity contribution in [3.05, 3.63) is 0 Å². The lowest BCUT2D eigenvalue weighted by Gasteiger charge is -2.40. The van der Waals surface area contributed by atoms with E-state index < -0.39 is 0 Å². The minimum atomic E-state index is -0.0875. The molecule has 1 aliphatic rings. The van der Waals surface area contributed by atoms with Crippen molar-refractivity contribution in [2.24, 2.45) is 0 Å². The van der Waals surface area contributed by atoms with E-state index in [1.165, 1.54) is 12.8 Å². The third kappa shape index (κ3) is 2.96. The topological polar surface area (TPSA) is 23.5 Å². The van der Waals surface area contributed by atoms with Gasteiger partial charge in [0, 0.05) is 18.6 Å². The predicted octanol–water partition coefficient (Wildman–Crippen LogP) is 2.02. The van der Waals surface area contributed by atoms with Crippen molar-refractivity contribution < 1.29 is 5.11 Å². The molecule has 13 heavy (non-hydrogen) atoms. The first-order valence-electron chi connectivity index (χ1n) is 5.59. The number of aliphatic hydroxyl groups is 1. The minimum absolute atomic E-state index is 0.0875. The number of piperidine rings is 1. The fraction of sp³-hybridized carbons (Fsp3) is 1.00. The van der Waals surface area contributed by atoms with Crippen LogP contribution in [0, 0.1) is 0 Å². The summed E-state index contributed by atoms with van der Waals surface area (Å²) in [6.07, 6.45) is 4.53. The maximum absolute atomic E-state index is 9.57. The molecule has 1 unspecified atom stereocenters. The highest BCUT2D eigenvalue weighted by atomic mass is 16.3. The van der Waals surface area contributed by atoms with Crippen LogP contribution in [0.15, 0.2) is 0 Å². The van der Waals surface area contributed by atoms with E-state index in [0.717, 1.165) is 19.4 Å². The maximum atomic E-state index is 9.57. The molecular weight excluding hydrogens is 162 g/mol. The van der Waals surface area contributed by atoms with Crippen LogP contribution in [0.3, 0.4) is 0 Å². The molecule has 0 bridgehead atoms. The lowest BCUT2D eigenvalue weighted by Crippen LogP contribution is -2.48. The highest BCUT2D eigenvalue weighted by Gasteiger charge is 2.26. The first-order chi connectivity index (χ1) is 6.15. The molecule has 0 aliphatic carbocycles. The van der Waals surface area contributed by atoms with Gasteiger partial charge in [-0.3, -0.25) is 4.90 Å². The molecule has 1 fully saturated rings. The Morgan fingerprint density at radius 3 is 2.77 bits per heavy atom. The second-order valence-corrected chi connectivity index (χ2v) is 4.41. The molecule has 1 saturated heterocycles. The smallest absolute Gasteiger partial charge is 0.0667 e. The van der Waals surface area contributed by atoms with Crippen LogP contribution < -0.4 is 0 Å². The summed E-state index contributed by atoms with van der Waals surface area (Å²) in [4.78, 5) is 2.46. The van der Waals surface area contributed by atoms with Gasteiger partial charge < -0.3 is 5.11 Å². The Bertz CT molecular complexity index is 149. The standard InChI is InChI=1S/C11H23NO/c1-4-5-9(2)12-8-11(13)7-6-10(12)3/h9-11,13H,4-8H2,1-3H3/t9?,10-,11-/m0/s1. The average molecular weight is 185 g/mol. The van der Waals surface area contributed by atoms with Gasteiger partial charge in [0.15, 0.2) is 0 Å². The zero-order valence-corrected chi connectivity index (χ0v) is 9.16. The van der Waals surface area contributed by atoms with E-state index in [1.807, 2.05) is 0 Å². The predicted molar refractivity (Wildman–Crippen MR) is 55.8 cm³/mol. The average Bonchev–Trinajstić information content (AvgIpc) is 2.09. The summed E-state index contributed by atoms with van der Waals surface area (Å²) in [6, 6.07) is 1.29. The van der Waals surface area contributed by atoms with Gasteiger partial charge in [0.2, 0.25) is 0 Å². The van der Waals surface area contributed by atoms with Crippen molar-refractivity contribution >= 4 is 0 Å². The zero-order valence-electron chi connectivity index (χ0n) is 9.16. The molecule has 0 spiro atoms. The van der Waals surface area contributed by atoms with E-state index in [1.54, 1.807) is 0 Å². The highest BCUT2D eigenvalue weighted by Crippen LogP contribution is 2.21. The molecule has 0 aromatic rings.